The van der Waals surface area contributed by atoms with Gasteiger partial charge < -0.3 is 15.4 Å². The first kappa shape index (κ1) is 25.2. The van der Waals surface area contributed by atoms with Gasteiger partial charge in [0, 0.05) is 24.3 Å². The van der Waals surface area contributed by atoms with Crippen LogP contribution in [0.4, 0.5) is 4.79 Å². The summed E-state index contributed by atoms with van der Waals surface area (Å²) < 4.78 is 7.26. The molecule has 0 bridgehead atoms. The van der Waals surface area contributed by atoms with E-state index in [0.29, 0.717) is 41.4 Å². The number of fused-ring (bicyclic) bond motifs is 1. The fourth-order valence-electron chi connectivity index (χ4n) is 4.62. The fourth-order valence-corrected chi connectivity index (χ4v) is 4.62. The quantitative estimate of drug-likeness (QED) is 0.420. The van der Waals surface area contributed by atoms with E-state index in [1.807, 2.05) is 33.8 Å². The molecule has 5 rings (SSSR count). The third-order valence-corrected chi connectivity index (χ3v) is 6.27. The Balaban J connectivity index is 1.60. The smallest absolute Gasteiger partial charge is 0.408 e. The third-order valence-electron chi connectivity index (χ3n) is 6.27. The minimum Gasteiger partial charge on any atom is -0.444 e. The second kappa shape index (κ2) is 9.79. The molecule has 1 amide bonds. The number of aromatic nitrogens is 6. The largest absolute Gasteiger partial charge is 0.444 e. The lowest BCUT2D eigenvalue weighted by Crippen LogP contribution is -2.56. The van der Waals surface area contributed by atoms with E-state index in [2.05, 4.69) is 36.8 Å². The van der Waals surface area contributed by atoms with Crippen LogP contribution in [0.3, 0.4) is 0 Å². The molecule has 11 nitrogen and oxygen atoms in total. The number of nitriles is 1. The minimum atomic E-state index is -0.922. The summed E-state index contributed by atoms with van der Waals surface area (Å²) in [6.07, 6.45) is 7.65. The highest BCUT2D eigenvalue weighted by Gasteiger charge is 2.40. The van der Waals surface area contributed by atoms with Gasteiger partial charge in [0.1, 0.15) is 17.4 Å². The minimum absolute atomic E-state index is 0.377. The average Bonchev–Trinajstić information content (AvgIpc) is 3.31. The summed E-state index contributed by atoms with van der Waals surface area (Å²) >= 11 is 0. The molecule has 0 radical (unpaired) electrons. The van der Waals surface area contributed by atoms with Crippen LogP contribution < -0.4 is 10.6 Å². The van der Waals surface area contributed by atoms with Crippen molar-refractivity contribution in [1.82, 2.24) is 40.3 Å². The van der Waals surface area contributed by atoms with Gasteiger partial charge in [0.25, 0.3) is 0 Å². The van der Waals surface area contributed by atoms with Gasteiger partial charge in [-0.05, 0) is 65.3 Å². The number of carbonyl (C=O) groups is 1. The van der Waals surface area contributed by atoms with Gasteiger partial charge >= 0.3 is 6.09 Å². The molecule has 1 atom stereocenters. The number of carbonyl (C=O) groups excluding carboxylic acids is 1. The van der Waals surface area contributed by atoms with Crippen molar-refractivity contribution in [3.05, 3.63) is 59.9 Å². The first-order valence-electron chi connectivity index (χ1n) is 12.4. The van der Waals surface area contributed by atoms with E-state index in [0.717, 1.165) is 29.6 Å². The maximum absolute atomic E-state index is 12.9. The molecule has 0 spiro atoms. The van der Waals surface area contributed by atoms with Gasteiger partial charge in [-0.1, -0.05) is 0 Å². The molecule has 2 N–H and O–H groups in total. The van der Waals surface area contributed by atoms with Crippen LogP contribution in [0.25, 0.3) is 28.1 Å². The molecule has 1 fully saturated rings. The molecule has 38 heavy (non-hydrogen) atoms. The van der Waals surface area contributed by atoms with Crippen molar-refractivity contribution in [3.8, 4) is 23.3 Å². The molecule has 4 aromatic heterocycles. The number of nitrogens with one attached hydrogen (secondary N) is 2. The first-order chi connectivity index (χ1) is 18.2. The Labute approximate surface area is 220 Å². The van der Waals surface area contributed by atoms with Gasteiger partial charge in [-0.25, -0.2) is 19.4 Å². The molecular formula is C27H29N9O2. The zero-order valence-electron chi connectivity index (χ0n) is 21.8. The van der Waals surface area contributed by atoms with Crippen LogP contribution in [-0.2, 0) is 10.3 Å². The maximum atomic E-state index is 12.9. The van der Waals surface area contributed by atoms with Gasteiger partial charge in [-0.2, -0.15) is 10.4 Å². The Kier molecular flexibility index (Phi) is 6.50. The van der Waals surface area contributed by atoms with Crippen LogP contribution in [0.5, 0.6) is 0 Å². The Bertz CT molecular complexity index is 1540. The maximum Gasteiger partial charge on any atom is 0.408 e. The van der Waals surface area contributed by atoms with Crippen molar-refractivity contribution < 1.29 is 9.53 Å². The molecule has 5 heterocycles. The summed E-state index contributed by atoms with van der Waals surface area (Å²) in [5.41, 5.74) is 2.14. The summed E-state index contributed by atoms with van der Waals surface area (Å²) in [5, 5.41) is 21.7. The van der Waals surface area contributed by atoms with Crippen LogP contribution in [0.15, 0.2) is 43.0 Å². The number of hydrogen-bond acceptors (Lipinski definition) is 9. The Morgan fingerprint density at radius 2 is 2.03 bits per heavy atom. The van der Waals surface area contributed by atoms with Crippen LogP contribution in [0.1, 0.15) is 50.6 Å². The van der Waals surface area contributed by atoms with Crippen molar-refractivity contribution >= 4 is 17.0 Å². The normalized spacial score (nSPS) is 17.7. The predicted molar refractivity (Wildman–Crippen MR) is 140 cm³/mol. The van der Waals surface area contributed by atoms with Crippen molar-refractivity contribution in [3.63, 3.8) is 0 Å². The molecule has 1 saturated heterocycles. The van der Waals surface area contributed by atoms with Gasteiger partial charge in [-0.3, -0.25) is 9.97 Å². The van der Waals surface area contributed by atoms with Crippen molar-refractivity contribution in [2.45, 2.75) is 51.7 Å². The second-order valence-corrected chi connectivity index (χ2v) is 10.4. The number of aryl methyl sites for hydroxylation is 1. The number of piperidine rings is 1. The first-order valence-corrected chi connectivity index (χ1v) is 12.4. The molecule has 0 saturated carbocycles. The van der Waals surface area contributed by atoms with Crippen LogP contribution >= 0.6 is 0 Å². The number of amides is 1. The average molecular weight is 512 g/mol. The Morgan fingerprint density at radius 1 is 1.18 bits per heavy atom. The molecule has 11 heteroatoms. The standard InChI is InChI=1S/C27H29N9O2/c1-17-12-30-15-21(33-17)20-10-22-19(13-31-20)14-32-36(22)23-7-6-18(11-28)24(34-23)27(8-5-9-29-16-27)35-25(37)38-26(2,3)4/h6-7,10,12-15,29H,5,8-9,16H2,1-4H3,(H,35,37)/t27-/m0/s1. The molecule has 4 aromatic rings. The molecular weight excluding hydrogens is 482 g/mol. The van der Waals surface area contributed by atoms with Gasteiger partial charge in [0.2, 0.25) is 0 Å². The molecule has 1 aliphatic rings. The highest BCUT2D eigenvalue weighted by molar-refractivity contribution is 5.82. The second-order valence-electron chi connectivity index (χ2n) is 10.4. The predicted octanol–water partition coefficient (Wildman–Crippen LogP) is 3.56. The Morgan fingerprint density at radius 3 is 2.74 bits per heavy atom. The number of ether oxygens (including phenoxy) is 1. The summed E-state index contributed by atoms with van der Waals surface area (Å²) in [6, 6.07) is 7.60. The van der Waals surface area contributed by atoms with E-state index in [1.165, 1.54) is 0 Å². The molecule has 0 unspecified atom stereocenters. The van der Waals surface area contributed by atoms with Gasteiger partial charge in [-0.15, -0.1) is 0 Å². The van der Waals surface area contributed by atoms with E-state index in [9.17, 15) is 10.1 Å². The van der Waals surface area contributed by atoms with E-state index < -0.39 is 17.2 Å². The van der Waals surface area contributed by atoms with E-state index in [4.69, 9.17) is 9.72 Å². The molecule has 0 aliphatic carbocycles. The molecule has 0 aromatic carbocycles. The van der Waals surface area contributed by atoms with Gasteiger partial charge in [0.05, 0.1) is 46.1 Å². The summed E-state index contributed by atoms with van der Waals surface area (Å²) in [4.78, 5) is 31.1. The lowest BCUT2D eigenvalue weighted by Gasteiger charge is -2.38. The lowest BCUT2D eigenvalue weighted by molar-refractivity contribution is 0.0427. The SMILES string of the molecule is Cc1cncc(-c2cc3c(cn2)cnn3-c2ccc(C#N)c([C@]3(NC(=O)OC(C)(C)C)CCCNC3)n2)n1. The number of pyridine rings is 2. The summed E-state index contributed by atoms with van der Waals surface area (Å²) in [5.74, 6) is 0.511. The molecule has 1 aliphatic heterocycles. The zero-order chi connectivity index (χ0) is 26.9. The summed E-state index contributed by atoms with van der Waals surface area (Å²) in [7, 11) is 0. The Hall–Kier alpha value is -4.43. The van der Waals surface area contributed by atoms with E-state index >= 15 is 0 Å². The number of alkyl carbamates (subject to hydrolysis) is 1. The van der Waals surface area contributed by atoms with Crippen molar-refractivity contribution in [2.75, 3.05) is 13.1 Å². The lowest BCUT2D eigenvalue weighted by atomic mass is 9.84. The van der Waals surface area contributed by atoms with Crippen molar-refractivity contribution in [2.24, 2.45) is 0 Å². The van der Waals surface area contributed by atoms with Crippen molar-refractivity contribution in [1.29, 1.82) is 5.26 Å². The fraction of sp³-hybridized carbons (Fsp3) is 0.370. The highest BCUT2D eigenvalue weighted by atomic mass is 16.6. The highest BCUT2D eigenvalue weighted by Crippen LogP contribution is 2.32. The monoisotopic (exact) mass is 511 g/mol. The van der Waals surface area contributed by atoms with Crippen LogP contribution in [0.2, 0.25) is 0 Å². The van der Waals surface area contributed by atoms with Gasteiger partial charge in [0.15, 0.2) is 5.82 Å². The third kappa shape index (κ3) is 5.03. The number of nitrogens with zero attached hydrogens (tertiary/aromatic N) is 7. The zero-order valence-corrected chi connectivity index (χ0v) is 21.8. The number of hydrogen-bond donors (Lipinski definition) is 2. The molecule has 194 valence electrons. The van der Waals surface area contributed by atoms with Crippen LogP contribution in [0, 0.1) is 18.3 Å². The number of rotatable bonds is 4. The topological polar surface area (TPSA) is 144 Å². The summed E-state index contributed by atoms with van der Waals surface area (Å²) in [6.45, 7) is 8.53. The van der Waals surface area contributed by atoms with E-state index in [-0.39, 0.29) is 0 Å². The van der Waals surface area contributed by atoms with Crippen LogP contribution in [-0.4, -0.2) is 54.5 Å². The van der Waals surface area contributed by atoms with E-state index in [1.54, 1.807) is 41.6 Å².